The average molecular weight is 301 g/mol. The molecule has 2 aromatic rings. The van der Waals surface area contributed by atoms with E-state index in [1.54, 1.807) is 18.6 Å². The van der Waals surface area contributed by atoms with Crippen molar-refractivity contribution >= 4 is 5.82 Å². The molecular formula is C16H20FN5. The van der Waals surface area contributed by atoms with Crippen LogP contribution in [0.5, 0.6) is 0 Å². The molecule has 0 N–H and O–H groups in total. The van der Waals surface area contributed by atoms with Crippen molar-refractivity contribution in [2.75, 3.05) is 24.5 Å². The largest absolute Gasteiger partial charge is 0.354 e. The fourth-order valence-corrected chi connectivity index (χ4v) is 2.80. The van der Waals surface area contributed by atoms with Gasteiger partial charge in [0.05, 0.1) is 6.20 Å². The lowest BCUT2D eigenvalue weighted by Gasteiger charge is -2.40. The number of aromatic nitrogens is 3. The van der Waals surface area contributed by atoms with Crippen molar-refractivity contribution in [3.63, 3.8) is 0 Å². The Balaban J connectivity index is 1.66. The predicted molar refractivity (Wildman–Crippen MR) is 83.0 cm³/mol. The number of hydrogen-bond acceptors (Lipinski definition) is 5. The Labute approximate surface area is 129 Å². The Bertz CT molecular complexity index is 648. The number of pyridine rings is 1. The lowest BCUT2D eigenvalue weighted by Crippen LogP contribution is -2.51. The summed E-state index contributed by atoms with van der Waals surface area (Å²) in [5, 5.41) is 0. The molecule has 0 saturated carbocycles. The smallest absolute Gasteiger partial charge is 0.145 e. The van der Waals surface area contributed by atoms with Crippen LogP contribution in [0.25, 0.3) is 0 Å². The molecule has 0 amide bonds. The topological polar surface area (TPSA) is 45.2 Å². The zero-order chi connectivity index (χ0) is 15.5. The zero-order valence-electron chi connectivity index (χ0n) is 12.9. The minimum atomic E-state index is -0.233. The summed E-state index contributed by atoms with van der Waals surface area (Å²) in [4.78, 5) is 16.8. The number of aryl methyl sites for hydroxylation is 1. The van der Waals surface area contributed by atoms with Gasteiger partial charge in [-0.2, -0.15) is 0 Å². The standard InChI is InChI=1S/C16H20FN5/c1-12-7-16(20-11-19-12)22-6-5-21(13(2)9-22)10-14-3-4-18-8-15(14)17/h3-4,7-8,11,13H,5-6,9-10H2,1-2H3. The molecule has 1 unspecified atom stereocenters. The highest BCUT2D eigenvalue weighted by Crippen LogP contribution is 2.19. The number of halogens is 1. The van der Waals surface area contributed by atoms with Gasteiger partial charge in [0.15, 0.2) is 0 Å². The van der Waals surface area contributed by atoms with Gasteiger partial charge >= 0.3 is 0 Å². The SMILES string of the molecule is Cc1cc(N2CCN(Cc3ccncc3F)C(C)C2)ncn1. The van der Waals surface area contributed by atoms with Crippen molar-refractivity contribution in [1.82, 2.24) is 19.9 Å². The fraction of sp³-hybridized carbons (Fsp3) is 0.438. The number of anilines is 1. The van der Waals surface area contributed by atoms with E-state index in [1.807, 2.05) is 13.0 Å². The van der Waals surface area contributed by atoms with Crippen LogP contribution in [-0.4, -0.2) is 45.5 Å². The van der Waals surface area contributed by atoms with Crippen LogP contribution in [0.3, 0.4) is 0 Å². The molecule has 0 aliphatic carbocycles. The molecule has 1 atom stereocenters. The fourth-order valence-electron chi connectivity index (χ4n) is 2.80. The second-order valence-electron chi connectivity index (χ2n) is 5.75. The summed E-state index contributed by atoms with van der Waals surface area (Å²) in [6.07, 6.45) is 4.52. The maximum absolute atomic E-state index is 13.7. The van der Waals surface area contributed by atoms with E-state index in [0.29, 0.717) is 18.2 Å². The first kappa shape index (κ1) is 14.8. The molecule has 0 bridgehead atoms. The van der Waals surface area contributed by atoms with Crippen LogP contribution in [-0.2, 0) is 6.54 Å². The molecule has 116 valence electrons. The first-order valence-electron chi connectivity index (χ1n) is 7.49. The number of rotatable bonds is 3. The van der Waals surface area contributed by atoms with Gasteiger partial charge in [0.1, 0.15) is 18.0 Å². The molecule has 5 nitrogen and oxygen atoms in total. The van der Waals surface area contributed by atoms with Crippen LogP contribution in [0.15, 0.2) is 30.9 Å². The van der Waals surface area contributed by atoms with Crippen LogP contribution < -0.4 is 4.90 Å². The summed E-state index contributed by atoms with van der Waals surface area (Å²) in [5.41, 5.74) is 1.67. The maximum Gasteiger partial charge on any atom is 0.145 e. The lowest BCUT2D eigenvalue weighted by molar-refractivity contribution is 0.178. The van der Waals surface area contributed by atoms with E-state index in [0.717, 1.165) is 31.1 Å². The summed E-state index contributed by atoms with van der Waals surface area (Å²) < 4.78 is 13.7. The monoisotopic (exact) mass is 301 g/mol. The zero-order valence-corrected chi connectivity index (χ0v) is 12.9. The Hall–Kier alpha value is -2.08. The summed E-state index contributed by atoms with van der Waals surface area (Å²) in [5.74, 6) is 0.734. The van der Waals surface area contributed by atoms with E-state index >= 15 is 0 Å². The normalized spacial score (nSPS) is 19.4. The molecule has 6 heteroatoms. The Kier molecular flexibility index (Phi) is 4.29. The quantitative estimate of drug-likeness (QED) is 0.868. The molecule has 0 radical (unpaired) electrons. The molecule has 3 heterocycles. The lowest BCUT2D eigenvalue weighted by atomic mass is 10.1. The third kappa shape index (κ3) is 3.22. The highest BCUT2D eigenvalue weighted by atomic mass is 19.1. The number of piperazine rings is 1. The van der Waals surface area contributed by atoms with Gasteiger partial charge in [0.25, 0.3) is 0 Å². The first-order valence-corrected chi connectivity index (χ1v) is 7.49. The summed E-state index contributed by atoms with van der Waals surface area (Å²) in [6.45, 7) is 7.39. The minimum absolute atomic E-state index is 0.233. The van der Waals surface area contributed by atoms with Crippen LogP contribution in [0.1, 0.15) is 18.2 Å². The van der Waals surface area contributed by atoms with Gasteiger partial charge in [-0.25, -0.2) is 14.4 Å². The highest BCUT2D eigenvalue weighted by molar-refractivity contribution is 5.39. The number of hydrogen-bond donors (Lipinski definition) is 0. The van der Waals surface area contributed by atoms with Crippen molar-refractivity contribution in [3.8, 4) is 0 Å². The van der Waals surface area contributed by atoms with Gasteiger partial charge in [-0.3, -0.25) is 9.88 Å². The molecule has 2 aromatic heterocycles. The van der Waals surface area contributed by atoms with E-state index in [9.17, 15) is 4.39 Å². The molecule has 1 aliphatic heterocycles. The molecule has 0 aromatic carbocycles. The predicted octanol–water partition coefficient (Wildman–Crippen LogP) is 2.03. The van der Waals surface area contributed by atoms with Gasteiger partial charge in [-0.15, -0.1) is 0 Å². The highest BCUT2D eigenvalue weighted by Gasteiger charge is 2.25. The third-order valence-electron chi connectivity index (χ3n) is 4.11. The summed E-state index contributed by atoms with van der Waals surface area (Å²) in [6, 6.07) is 4.09. The Morgan fingerprint density at radius 1 is 1.32 bits per heavy atom. The second-order valence-corrected chi connectivity index (χ2v) is 5.75. The minimum Gasteiger partial charge on any atom is -0.354 e. The Morgan fingerprint density at radius 2 is 2.18 bits per heavy atom. The van der Waals surface area contributed by atoms with Crippen molar-refractivity contribution in [2.24, 2.45) is 0 Å². The van der Waals surface area contributed by atoms with Crippen LogP contribution in [0.4, 0.5) is 10.2 Å². The van der Waals surface area contributed by atoms with E-state index in [2.05, 4.69) is 31.7 Å². The van der Waals surface area contributed by atoms with E-state index in [1.165, 1.54) is 6.20 Å². The van der Waals surface area contributed by atoms with Crippen molar-refractivity contribution in [2.45, 2.75) is 26.4 Å². The average Bonchev–Trinajstić information content (AvgIpc) is 2.51. The van der Waals surface area contributed by atoms with E-state index < -0.39 is 0 Å². The Morgan fingerprint density at radius 3 is 2.91 bits per heavy atom. The van der Waals surface area contributed by atoms with E-state index in [-0.39, 0.29) is 5.82 Å². The number of nitrogens with zero attached hydrogens (tertiary/aromatic N) is 5. The molecule has 0 spiro atoms. The van der Waals surface area contributed by atoms with Crippen molar-refractivity contribution < 1.29 is 4.39 Å². The molecule has 1 aliphatic rings. The van der Waals surface area contributed by atoms with Crippen LogP contribution >= 0.6 is 0 Å². The first-order chi connectivity index (χ1) is 10.6. The summed E-state index contributed by atoms with van der Waals surface area (Å²) >= 11 is 0. The maximum atomic E-state index is 13.7. The van der Waals surface area contributed by atoms with Gasteiger partial charge in [0, 0.05) is 55.7 Å². The van der Waals surface area contributed by atoms with Gasteiger partial charge < -0.3 is 4.90 Å². The van der Waals surface area contributed by atoms with Crippen LogP contribution in [0.2, 0.25) is 0 Å². The second kappa shape index (κ2) is 6.36. The van der Waals surface area contributed by atoms with Gasteiger partial charge in [-0.1, -0.05) is 0 Å². The van der Waals surface area contributed by atoms with Crippen molar-refractivity contribution in [1.29, 1.82) is 0 Å². The van der Waals surface area contributed by atoms with Gasteiger partial charge in [-0.05, 0) is 19.9 Å². The molecule has 22 heavy (non-hydrogen) atoms. The molecule has 3 rings (SSSR count). The van der Waals surface area contributed by atoms with Crippen LogP contribution in [0, 0.1) is 12.7 Å². The van der Waals surface area contributed by atoms with Crippen molar-refractivity contribution in [3.05, 3.63) is 47.9 Å². The third-order valence-corrected chi connectivity index (χ3v) is 4.11. The summed E-state index contributed by atoms with van der Waals surface area (Å²) in [7, 11) is 0. The molecular weight excluding hydrogens is 281 g/mol. The van der Waals surface area contributed by atoms with E-state index in [4.69, 9.17) is 0 Å². The van der Waals surface area contributed by atoms with Gasteiger partial charge in [0.2, 0.25) is 0 Å². The molecule has 1 saturated heterocycles. The molecule has 1 fully saturated rings.